The maximum Gasteiger partial charge on any atom is 0.401 e. The summed E-state index contributed by atoms with van der Waals surface area (Å²) in [5.41, 5.74) is -0.485. The zero-order chi connectivity index (χ0) is 11.4. The van der Waals surface area contributed by atoms with E-state index in [-0.39, 0.29) is 13.2 Å². The molecular formula is C9H18F3NO. The summed E-state index contributed by atoms with van der Waals surface area (Å²) in [4.78, 5) is 1.29. The predicted octanol–water partition coefficient (Wildman–Crippen LogP) is 1.89. The third-order valence-electron chi connectivity index (χ3n) is 1.93. The molecule has 0 aliphatic rings. The molecule has 0 aliphatic heterocycles. The van der Waals surface area contributed by atoms with Crippen LogP contribution >= 0.6 is 0 Å². The van der Waals surface area contributed by atoms with Crippen molar-refractivity contribution in [3.8, 4) is 0 Å². The minimum absolute atomic E-state index is 0.110. The first kappa shape index (κ1) is 13.7. The quantitative estimate of drug-likeness (QED) is 0.753. The van der Waals surface area contributed by atoms with Gasteiger partial charge in [-0.25, -0.2) is 0 Å². The Labute approximate surface area is 82.7 Å². The van der Waals surface area contributed by atoms with Gasteiger partial charge < -0.3 is 5.11 Å². The molecule has 2 nitrogen and oxygen atoms in total. The first-order valence-corrected chi connectivity index (χ1v) is 4.60. The molecule has 0 aromatic rings. The van der Waals surface area contributed by atoms with Crippen molar-refractivity contribution in [1.29, 1.82) is 0 Å². The van der Waals surface area contributed by atoms with Crippen LogP contribution in [-0.2, 0) is 0 Å². The van der Waals surface area contributed by atoms with Crippen LogP contribution in [0, 0.1) is 5.41 Å². The molecule has 0 atom stereocenters. The lowest BCUT2D eigenvalue weighted by atomic mass is 9.94. The van der Waals surface area contributed by atoms with Gasteiger partial charge in [0, 0.05) is 18.6 Å². The van der Waals surface area contributed by atoms with E-state index in [1.165, 1.54) is 4.90 Å². The molecule has 14 heavy (non-hydrogen) atoms. The lowest BCUT2D eigenvalue weighted by molar-refractivity contribution is -0.148. The summed E-state index contributed by atoms with van der Waals surface area (Å²) in [6, 6.07) is 0. The largest absolute Gasteiger partial charge is 0.401 e. The Kier molecular flexibility index (Phi) is 4.88. The minimum Gasteiger partial charge on any atom is -0.396 e. The molecule has 0 aromatic carbocycles. The molecule has 0 spiro atoms. The van der Waals surface area contributed by atoms with Crippen LogP contribution in [0.2, 0.25) is 0 Å². The molecule has 0 saturated heterocycles. The second kappa shape index (κ2) is 4.98. The minimum atomic E-state index is -4.17. The van der Waals surface area contributed by atoms with Crippen molar-refractivity contribution >= 4 is 0 Å². The second-order valence-corrected chi connectivity index (χ2v) is 4.24. The Morgan fingerprint density at radius 3 is 1.93 bits per heavy atom. The Hall–Kier alpha value is -0.290. The fourth-order valence-corrected chi connectivity index (χ4v) is 1.19. The van der Waals surface area contributed by atoms with Crippen molar-refractivity contribution < 1.29 is 18.3 Å². The van der Waals surface area contributed by atoms with Crippen molar-refractivity contribution in [3.63, 3.8) is 0 Å². The fourth-order valence-electron chi connectivity index (χ4n) is 1.19. The Morgan fingerprint density at radius 1 is 1.14 bits per heavy atom. The average molecular weight is 213 g/mol. The average Bonchev–Trinajstić information content (AvgIpc) is 2.00. The number of halogens is 3. The first-order valence-electron chi connectivity index (χ1n) is 4.60. The molecular weight excluding hydrogens is 195 g/mol. The van der Waals surface area contributed by atoms with Crippen LogP contribution in [0.25, 0.3) is 0 Å². The second-order valence-electron chi connectivity index (χ2n) is 4.24. The number of aliphatic hydroxyl groups is 1. The van der Waals surface area contributed by atoms with Crippen LogP contribution in [0.5, 0.6) is 0 Å². The van der Waals surface area contributed by atoms with Crippen molar-refractivity contribution in [2.24, 2.45) is 5.41 Å². The van der Waals surface area contributed by atoms with Crippen LogP contribution < -0.4 is 0 Å². The smallest absolute Gasteiger partial charge is 0.396 e. The zero-order valence-corrected chi connectivity index (χ0v) is 8.86. The predicted molar refractivity (Wildman–Crippen MR) is 49.0 cm³/mol. The summed E-state index contributed by atoms with van der Waals surface area (Å²) in [6.07, 6.45) is -4.17. The van der Waals surface area contributed by atoms with Gasteiger partial charge in [0.15, 0.2) is 0 Å². The van der Waals surface area contributed by atoms with Crippen LogP contribution in [-0.4, -0.2) is 42.4 Å². The Balaban J connectivity index is 4.17. The SMILES string of the molecule is CCN(CC(F)(F)F)CC(C)(C)CO. The highest BCUT2D eigenvalue weighted by molar-refractivity contribution is 4.73. The number of nitrogens with zero attached hydrogens (tertiary/aromatic N) is 1. The topological polar surface area (TPSA) is 23.5 Å². The molecule has 0 heterocycles. The summed E-state index contributed by atoms with van der Waals surface area (Å²) >= 11 is 0. The number of hydrogen-bond acceptors (Lipinski definition) is 2. The first-order chi connectivity index (χ1) is 6.20. The van der Waals surface area contributed by atoms with E-state index in [2.05, 4.69) is 0 Å². The molecule has 0 fully saturated rings. The van der Waals surface area contributed by atoms with Crippen LogP contribution in [0.1, 0.15) is 20.8 Å². The third-order valence-corrected chi connectivity index (χ3v) is 1.93. The molecule has 0 aromatic heterocycles. The van der Waals surface area contributed by atoms with E-state index >= 15 is 0 Å². The van der Waals surface area contributed by atoms with Gasteiger partial charge in [0.25, 0.3) is 0 Å². The molecule has 0 saturated carbocycles. The van der Waals surface area contributed by atoms with E-state index in [4.69, 9.17) is 5.11 Å². The summed E-state index contributed by atoms with van der Waals surface area (Å²) in [7, 11) is 0. The van der Waals surface area contributed by atoms with Gasteiger partial charge in [-0.15, -0.1) is 0 Å². The van der Waals surface area contributed by atoms with Crippen molar-refractivity contribution in [2.75, 3.05) is 26.2 Å². The third kappa shape index (κ3) is 6.21. The van der Waals surface area contributed by atoms with Gasteiger partial charge in [0.1, 0.15) is 0 Å². The maximum absolute atomic E-state index is 12.1. The van der Waals surface area contributed by atoms with E-state index < -0.39 is 18.1 Å². The molecule has 0 radical (unpaired) electrons. The van der Waals surface area contributed by atoms with Gasteiger partial charge in [-0.3, -0.25) is 4.90 Å². The highest BCUT2D eigenvalue weighted by Crippen LogP contribution is 2.20. The number of rotatable bonds is 5. The van der Waals surface area contributed by atoms with E-state index in [9.17, 15) is 13.2 Å². The summed E-state index contributed by atoms with van der Waals surface area (Å²) in [5.74, 6) is 0. The Morgan fingerprint density at radius 2 is 1.64 bits per heavy atom. The summed E-state index contributed by atoms with van der Waals surface area (Å²) in [5, 5.41) is 8.93. The molecule has 0 amide bonds. The summed E-state index contributed by atoms with van der Waals surface area (Å²) < 4.78 is 36.2. The highest BCUT2D eigenvalue weighted by atomic mass is 19.4. The molecule has 0 rings (SSSR count). The molecule has 5 heteroatoms. The zero-order valence-electron chi connectivity index (χ0n) is 8.86. The van der Waals surface area contributed by atoms with E-state index in [1.807, 2.05) is 0 Å². The maximum atomic E-state index is 12.1. The molecule has 0 unspecified atom stereocenters. The molecule has 0 bridgehead atoms. The summed E-state index contributed by atoms with van der Waals surface area (Å²) in [6.45, 7) is 4.73. The highest BCUT2D eigenvalue weighted by Gasteiger charge is 2.32. The molecule has 1 N–H and O–H groups in total. The number of hydrogen-bond donors (Lipinski definition) is 1. The lowest BCUT2D eigenvalue weighted by Crippen LogP contribution is -2.41. The van der Waals surface area contributed by atoms with Gasteiger partial charge >= 0.3 is 6.18 Å². The van der Waals surface area contributed by atoms with Gasteiger partial charge in [0.05, 0.1) is 6.54 Å². The fraction of sp³-hybridized carbons (Fsp3) is 1.00. The van der Waals surface area contributed by atoms with Crippen LogP contribution in [0.3, 0.4) is 0 Å². The van der Waals surface area contributed by atoms with Gasteiger partial charge in [-0.2, -0.15) is 13.2 Å². The van der Waals surface area contributed by atoms with Crippen LogP contribution in [0.15, 0.2) is 0 Å². The van der Waals surface area contributed by atoms with Gasteiger partial charge in [-0.05, 0) is 6.54 Å². The van der Waals surface area contributed by atoms with Crippen molar-refractivity contribution in [2.45, 2.75) is 26.9 Å². The molecule has 0 aliphatic carbocycles. The molecule has 86 valence electrons. The number of alkyl halides is 3. The van der Waals surface area contributed by atoms with E-state index in [1.54, 1.807) is 20.8 Å². The van der Waals surface area contributed by atoms with Crippen molar-refractivity contribution in [1.82, 2.24) is 4.90 Å². The standard InChI is InChI=1S/C9H18F3NO/c1-4-13(6-9(10,11)12)5-8(2,3)7-14/h14H,4-7H2,1-3H3. The lowest BCUT2D eigenvalue weighted by Gasteiger charge is -2.30. The van der Waals surface area contributed by atoms with Gasteiger partial charge in [-0.1, -0.05) is 20.8 Å². The van der Waals surface area contributed by atoms with Crippen molar-refractivity contribution in [3.05, 3.63) is 0 Å². The van der Waals surface area contributed by atoms with E-state index in [0.29, 0.717) is 6.54 Å². The monoisotopic (exact) mass is 213 g/mol. The normalized spacial score (nSPS) is 13.7. The van der Waals surface area contributed by atoms with Crippen LogP contribution in [0.4, 0.5) is 13.2 Å². The number of aliphatic hydroxyl groups excluding tert-OH is 1. The van der Waals surface area contributed by atoms with E-state index in [0.717, 1.165) is 0 Å². The van der Waals surface area contributed by atoms with Gasteiger partial charge in [0.2, 0.25) is 0 Å². The Bertz CT molecular complexity index is 168.